The van der Waals surface area contributed by atoms with E-state index in [-0.39, 0.29) is 21.7 Å². The van der Waals surface area contributed by atoms with Crippen molar-refractivity contribution in [3.8, 4) is 0 Å². The van der Waals surface area contributed by atoms with Gasteiger partial charge in [0, 0.05) is 102 Å². The van der Waals surface area contributed by atoms with E-state index >= 15 is 0 Å². The molecule has 0 atom stereocenters. The Bertz CT molecular complexity index is 4720. The second-order valence-electron chi connectivity index (χ2n) is 27.2. The van der Waals surface area contributed by atoms with Crippen molar-refractivity contribution in [1.82, 2.24) is 0 Å². The Labute approximate surface area is 562 Å². The fourth-order valence-corrected chi connectivity index (χ4v) is 13.8. The maximum Gasteiger partial charge on any atom is 0.159 e. The molecule has 0 saturated heterocycles. The van der Waals surface area contributed by atoms with Crippen LogP contribution in [0.5, 0.6) is 0 Å². The Kier molecular flexibility index (Phi) is 10.8. The summed E-state index contributed by atoms with van der Waals surface area (Å²) in [5.74, 6) is 0. The molecule has 0 aliphatic rings. The van der Waals surface area contributed by atoms with Gasteiger partial charge in [0.05, 0.1) is 22.7 Å². The molecule has 0 amide bonds. The van der Waals surface area contributed by atoms with Crippen molar-refractivity contribution in [2.24, 2.45) is 0 Å². The minimum absolute atomic E-state index is 0.119. The number of nitrogens with zero attached hydrogens (tertiary/aromatic N) is 2. The number of fused-ring (bicyclic) bond motifs is 10. The van der Waals surface area contributed by atoms with E-state index in [1.54, 1.807) is 0 Å². The molecule has 4 nitrogen and oxygen atoms in total. The summed E-state index contributed by atoms with van der Waals surface area (Å²) >= 11 is 7.74. The van der Waals surface area contributed by atoms with E-state index in [1.807, 2.05) is 12.1 Å². The minimum atomic E-state index is -0.119. The Morgan fingerprint density at radius 1 is 0.291 bits per heavy atom. The molecule has 0 spiro atoms. The molecule has 0 radical (unpaired) electrons. The van der Waals surface area contributed by atoms with Crippen LogP contribution >= 0.6 is 31.9 Å². The lowest BCUT2D eigenvalue weighted by Crippen LogP contribution is -2.17. The molecule has 454 valence electrons. The van der Waals surface area contributed by atoms with Gasteiger partial charge in [-0.3, -0.25) is 0 Å². The van der Waals surface area contributed by atoms with Crippen LogP contribution in [0.4, 0.5) is 34.1 Å². The minimum Gasteiger partial charge on any atom is -0.454 e. The number of rotatable bonds is 6. The van der Waals surface area contributed by atoms with E-state index in [4.69, 9.17) is 47.4 Å². The first kappa shape index (κ1) is 43.5. The topological polar surface area (TPSA) is 32.8 Å². The lowest BCUT2D eigenvalue weighted by molar-refractivity contribution is 0.590. The van der Waals surface area contributed by atoms with Crippen LogP contribution in [0.2, 0.25) is 0 Å². The average Bonchev–Trinajstić information content (AvgIpc) is 0.958. The summed E-state index contributed by atoms with van der Waals surface area (Å²) < 4.78 is 146. The monoisotopic (exact) mass is 1300 g/mol. The van der Waals surface area contributed by atoms with Gasteiger partial charge in [0.15, 0.2) is 11.2 Å². The van der Waals surface area contributed by atoms with Crippen LogP contribution in [0.1, 0.15) is 144 Å². The van der Waals surface area contributed by atoms with Crippen LogP contribution in [0.3, 0.4) is 0 Å². The first-order chi connectivity index (χ1) is 54.0. The molecule has 0 fully saturated rings. The summed E-state index contributed by atoms with van der Waals surface area (Å²) in [6.45, 7) is 27.3. The van der Waals surface area contributed by atoms with Crippen molar-refractivity contribution >= 4 is 153 Å². The molecule has 0 bridgehead atoms. The summed E-state index contributed by atoms with van der Waals surface area (Å²) in [5, 5.41) is 14.0. The molecule has 14 aromatic rings. The highest BCUT2D eigenvalue weighted by Gasteiger charge is 2.31. The van der Waals surface area contributed by atoms with Gasteiger partial charge in [-0.2, -0.15) is 0 Å². The summed E-state index contributed by atoms with van der Waals surface area (Å²) in [4.78, 5) is 4.88. The highest BCUT2D eigenvalue weighted by molar-refractivity contribution is 9.11. The summed E-state index contributed by atoms with van der Waals surface area (Å²) in [6.07, 6.45) is 0. The SMILES string of the molecule is CC(C)(C)c1ccc2c(Br)c3cc(C(C)(C)C)ccc3c(Br)c2c1.CC(C)(C)c1ccc2c(N(c3ccccc3)c3cccc4c3oc3ccccc34)c3cc(C(C)(C)C)ccc3c(N(c3ccccc3)c3cccc4c3oc3ccccc34)c2c1.[2H][2H].[2H][2H].[2H][2H].[2H][2H].[2H][2H].[2H][2H].[2H][2H].[2H][2H].[2H][2H].[2H][2H].[2H][2H].[2H][2H].[2H][2H]. The molecule has 6 heteroatoms. The van der Waals surface area contributed by atoms with E-state index in [0.717, 1.165) is 99.5 Å². The molecule has 2 aromatic heterocycles. The second-order valence-corrected chi connectivity index (χ2v) is 28.8. The standard InChI is InChI=1S/C58H48N2O2.C22H24Br2.13H2/c1-57(2,3)37-31-33-43-47(35-37)53(59(39-19-9-7-10-20-39)49-27-17-25-45-41-23-13-15-29-51(41)61-55(45)49)44-34-32-38(58(4,5)6)36-48(44)54(43)60(40-21-11-8-12-22-40)50-28-18-26-46-42-24-14-16-30-52(42)62-56(46)50;1-21(2,3)13-7-9-15-17(11-13)19(23)16-10-8-14(22(4,5)6)12-18(16)20(15)24;;;;;;;;;;;;;/h7-36H,1-6H3;7-12H,1-6H3;13*1H/i;;13*1+1D. The Balaban J connectivity index is 0.00000206. The fraction of sp³-hybridized carbons (Fsp3) is 0.200. The third kappa shape index (κ3) is 10.0. The normalized spacial score (nSPS) is 13.7. The third-order valence-corrected chi connectivity index (χ3v) is 18.9. The molecule has 14 rings (SSSR count). The predicted molar refractivity (Wildman–Crippen MR) is 405 cm³/mol. The van der Waals surface area contributed by atoms with Gasteiger partial charge in [0.1, 0.15) is 11.2 Å². The molecule has 0 saturated carbocycles. The van der Waals surface area contributed by atoms with Crippen molar-refractivity contribution < 1.29 is 47.4 Å². The highest BCUT2D eigenvalue weighted by atomic mass is 79.9. The average molecular weight is 1310 g/mol. The van der Waals surface area contributed by atoms with E-state index < -0.39 is 0 Å². The number of furan rings is 2. The molecule has 0 aliphatic heterocycles. The third-order valence-electron chi connectivity index (χ3n) is 17.2. The lowest BCUT2D eigenvalue weighted by Gasteiger charge is -2.34. The van der Waals surface area contributed by atoms with Crippen LogP contribution in [0.25, 0.3) is 87.0 Å². The molecule has 0 unspecified atom stereocenters. The van der Waals surface area contributed by atoms with Crippen molar-refractivity contribution in [2.75, 3.05) is 9.80 Å². The zero-order valence-electron chi connectivity index (χ0n) is 77.3. The summed E-state index contributed by atoms with van der Waals surface area (Å²) in [6, 6.07) is 79.2. The number of halogens is 2. The van der Waals surface area contributed by atoms with Crippen LogP contribution < -0.4 is 9.80 Å². The highest BCUT2D eigenvalue weighted by Crippen LogP contribution is 2.55. The van der Waals surface area contributed by atoms with Crippen LogP contribution in [0.15, 0.2) is 236 Å². The number of anilines is 6. The van der Waals surface area contributed by atoms with Gasteiger partial charge in [0.25, 0.3) is 0 Å². The second kappa shape index (κ2) is 21.4. The maximum absolute atomic E-state index is 6.86. The lowest BCUT2D eigenvalue weighted by atomic mass is 9.82. The number of hydrogen-bond donors (Lipinski definition) is 0. The van der Waals surface area contributed by atoms with E-state index in [1.165, 1.54) is 52.7 Å². The van der Waals surface area contributed by atoms with E-state index in [2.05, 4.69) is 331 Å². The number of benzene rings is 12. The molecule has 0 aliphatic carbocycles. The molecular weight excluding hydrogens is 1180 g/mol. The molecule has 12 aromatic carbocycles. The van der Waals surface area contributed by atoms with Gasteiger partial charge >= 0.3 is 0 Å². The van der Waals surface area contributed by atoms with E-state index in [9.17, 15) is 0 Å². The van der Waals surface area contributed by atoms with Crippen LogP contribution in [0, 0.1) is 0 Å². The Morgan fingerprint density at radius 2 is 0.593 bits per heavy atom. The van der Waals surface area contributed by atoms with Gasteiger partial charge < -0.3 is 18.6 Å². The van der Waals surface area contributed by atoms with Gasteiger partial charge in [-0.05, 0) is 170 Å². The van der Waals surface area contributed by atoms with Gasteiger partial charge in [-0.15, -0.1) is 0 Å². The molecule has 0 N–H and O–H groups in total. The Hall–Kier alpha value is -8.16. The van der Waals surface area contributed by atoms with Crippen LogP contribution in [-0.2, 0) is 21.7 Å². The van der Waals surface area contributed by atoms with Crippen molar-refractivity contribution in [3.63, 3.8) is 0 Å². The fourth-order valence-electron chi connectivity index (χ4n) is 12.4. The molecule has 2 heterocycles. The molecular formula is C80H98Br2N2O2. The first-order valence-electron chi connectivity index (χ1n) is 43.0. The zero-order valence-corrected chi connectivity index (χ0v) is 54.4. The van der Waals surface area contributed by atoms with Gasteiger partial charge in [-0.1, -0.05) is 229 Å². The summed E-state index contributed by atoms with van der Waals surface area (Å²) in [7, 11) is 0. The smallest absolute Gasteiger partial charge is 0.159 e. The summed E-state index contributed by atoms with van der Waals surface area (Å²) in [5.41, 5.74) is 15.0. The Morgan fingerprint density at radius 3 is 0.942 bits per heavy atom. The number of hydrogen-bond acceptors (Lipinski definition) is 4. The van der Waals surface area contributed by atoms with Gasteiger partial charge in [-0.25, -0.2) is 0 Å². The zero-order chi connectivity index (χ0) is 86.2. The predicted octanol–water partition coefficient (Wildman–Crippen LogP) is 28.6. The van der Waals surface area contributed by atoms with E-state index in [0.29, 0.717) is 0 Å². The van der Waals surface area contributed by atoms with Crippen molar-refractivity contribution in [2.45, 2.75) is 105 Å². The molecule has 86 heavy (non-hydrogen) atoms. The largest absolute Gasteiger partial charge is 0.454 e. The van der Waals surface area contributed by atoms with Crippen molar-refractivity contribution in [1.29, 1.82) is 0 Å². The maximum atomic E-state index is 6.86. The first-order valence-corrected chi connectivity index (χ1v) is 31.5. The van der Waals surface area contributed by atoms with Gasteiger partial charge in [0.2, 0.25) is 0 Å². The quantitative estimate of drug-likeness (QED) is 0.123. The van der Waals surface area contributed by atoms with Crippen LogP contribution in [-0.4, -0.2) is 0 Å². The number of para-hydroxylation sites is 6. The van der Waals surface area contributed by atoms with Crippen molar-refractivity contribution in [3.05, 3.63) is 250 Å².